The Morgan fingerprint density at radius 3 is 2.88 bits per heavy atom. The average Bonchev–Trinajstić information content (AvgIpc) is 2.65. The summed E-state index contributed by atoms with van der Waals surface area (Å²) in [6.45, 7) is 3.37. The van der Waals surface area contributed by atoms with E-state index in [1.165, 1.54) is 6.20 Å². The van der Waals surface area contributed by atoms with Crippen molar-refractivity contribution in [3.05, 3.63) is 11.8 Å². The second kappa shape index (κ2) is 4.13. The van der Waals surface area contributed by atoms with Crippen molar-refractivity contribution in [3.8, 4) is 0 Å². The van der Waals surface area contributed by atoms with Crippen molar-refractivity contribution in [3.63, 3.8) is 0 Å². The third-order valence-corrected chi connectivity index (χ3v) is 2.93. The van der Waals surface area contributed by atoms with Crippen LogP contribution in [-0.2, 0) is 4.74 Å². The van der Waals surface area contributed by atoms with Crippen LogP contribution in [0.1, 0.15) is 30.1 Å². The van der Waals surface area contributed by atoms with Crippen LogP contribution in [0.15, 0.2) is 6.20 Å². The molecule has 0 saturated carbocycles. The van der Waals surface area contributed by atoms with Gasteiger partial charge >= 0.3 is 0 Å². The number of nitrogens with zero attached hydrogens (tertiary/aromatic N) is 1. The van der Waals surface area contributed by atoms with E-state index in [0.29, 0.717) is 24.6 Å². The van der Waals surface area contributed by atoms with Gasteiger partial charge in [-0.25, -0.2) is 0 Å². The topological polar surface area (TPSA) is 93.0 Å². The van der Waals surface area contributed by atoms with E-state index in [1.54, 1.807) is 0 Å². The Kier molecular flexibility index (Phi) is 2.82. The Balaban J connectivity index is 2.04. The highest BCUT2D eigenvalue weighted by Crippen LogP contribution is 2.20. The van der Waals surface area contributed by atoms with E-state index in [1.807, 2.05) is 6.92 Å². The standard InChI is InChI=1S/C10H16N4O2/c1-10(2-4-16-5-3-10)13-9(15)7-6-12-14-8(7)11/h6H,2-5H2,1H3,(H,13,15)(H3,11,12,14). The highest BCUT2D eigenvalue weighted by molar-refractivity contribution is 5.98. The first-order valence-electron chi connectivity index (χ1n) is 5.30. The number of H-pyrrole nitrogens is 1. The van der Waals surface area contributed by atoms with Crippen molar-refractivity contribution in [2.75, 3.05) is 18.9 Å². The largest absolute Gasteiger partial charge is 0.383 e. The molecule has 6 heteroatoms. The Labute approximate surface area is 93.5 Å². The quantitative estimate of drug-likeness (QED) is 0.673. The number of aromatic nitrogens is 2. The van der Waals surface area contributed by atoms with Crippen LogP contribution in [0.3, 0.4) is 0 Å². The smallest absolute Gasteiger partial charge is 0.257 e. The van der Waals surface area contributed by atoms with Crippen LogP contribution in [0.25, 0.3) is 0 Å². The van der Waals surface area contributed by atoms with Gasteiger partial charge in [-0.3, -0.25) is 9.89 Å². The molecule has 1 aliphatic rings. The Morgan fingerprint density at radius 2 is 2.31 bits per heavy atom. The van der Waals surface area contributed by atoms with E-state index in [-0.39, 0.29) is 11.4 Å². The first-order chi connectivity index (χ1) is 7.61. The minimum atomic E-state index is -0.209. The molecule has 0 unspecified atom stereocenters. The zero-order chi connectivity index (χ0) is 11.6. The number of rotatable bonds is 2. The number of carbonyl (C=O) groups is 1. The molecule has 1 amide bonds. The van der Waals surface area contributed by atoms with Crippen molar-refractivity contribution < 1.29 is 9.53 Å². The van der Waals surface area contributed by atoms with Crippen LogP contribution >= 0.6 is 0 Å². The predicted molar refractivity (Wildman–Crippen MR) is 58.9 cm³/mol. The highest BCUT2D eigenvalue weighted by atomic mass is 16.5. The van der Waals surface area contributed by atoms with Crippen LogP contribution in [-0.4, -0.2) is 34.9 Å². The molecule has 1 aromatic heterocycles. The van der Waals surface area contributed by atoms with Gasteiger partial charge in [0.2, 0.25) is 0 Å². The molecule has 2 heterocycles. The van der Waals surface area contributed by atoms with E-state index in [4.69, 9.17) is 10.5 Å². The molecule has 88 valence electrons. The van der Waals surface area contributed by atoms with Crippen LogP contribution < -0.4 is 11.1 Å². The number of anilines is 1. The number of amides is 1. The van der Waals surface area contributed by atoms with E-state index < -0.39 is 0 Å². The minimum Gasteiger partial charge on any atom is -0.383 e. The van der Waals surface area contributed by atoms with Gasteiger partial charge in [-0.15, -0.1) is 0 Å². The lowest BCUT2D eigenvalue weighted by molar-refractivity contribution is 0.0423. The maximum Gasteiger partial charge on any atom is 0.257 e. The summed E-state index contributed by atoms with van der Waals surface area (Å²) in [4.78, 5) is 11.9. The van der Waals surface area contributed by atoms with Gasteiger partial charge in [0.1, 0.15) is 11.4 Å². The second-order valence-electron chi connectivity index (χ2n) is 4.32. The Hall–Kier alpha value is -1.56. The van der Waals surface area contributed by atoms with Crippen molar-refractivity contribution in [2.45, 2.75) is 25.3 Å². The van der Waals surface area contributed by atoms with Gasteiger partial charge in [-0.1, -0.05) is 0 Å². The number of nitrogens with two attached hydrogens (primary N) is 1. The summed E-state index contributed by atoms with van der Waals surface area (Å²) in [6.07, 6.45) is 3.07. The zero-order valence-corrected chi connectivity index (χ0v) is 9.25. The SMILES string of the molecule is CC1(NC(=O)c2cn[nH]c2N)CCOCC1. The van der Waals surface area contributed by atoms with Gasteiger partial charge < -0.3 is 15.8 Å². The molecule has 6 nitrogen and oxygen atoms in total. The van der Waals surface area contributed by atoms with Crippen molar-refractivity contribution in [1.82, 2.24) is 15.5 Å². The molecule has 0 radical (unpaired) electrons. The summed E-state index contributed by atoms with van der Waals surface area (Å²) in [6, 6.07) is 0. The fourth-order valence-corrected chi connectivity index (χ4v) is 1.77. The summed E-state index contributed by atoms with van der Waals surface area (Å²) in [7, 11) is 0. The molecule has 0 spiro atoms. The van der Waals surface area contributed by atoms with Gasteiger partial charge in [-0.05, 0) is 19.8 Å². The van der Waals surface area contributed by atoms with Crippen molar-refractivity contribution in [1.29, 1.82) is 0 Å². The van der Waals surface area contributed by atoms with E-state index in [0.717, 1.165) is 12.8 Å². The fraction of sp³-hybridized carbons (Fsp3) is 0.600. The lowest BCUT2D eigenvalue weighted by Gasteiger charge is -2.34. The first kappa shape index (κ1) is 10.9. The van der Waals surface area contributed by atoms with Crippen LogP contribution in [0.5, 0.6) is 0 Å². The molecule has 0 aromatic carbocycles. The molecule has 1 aromatic rings. The Morgan fingerprint density at radius 1 is 1.62 bits per heavy atom. The summed E-state index contributed by atoms with van der Waals surface area (Å²) in [5, 5.41) is 9.24. The minimum absolute atomic E-state index is 0.185. The lowest BCUT2D eigenvalue weighted by Crippen LogP contribution is -2.49. The summed E-state index contributed by atoms with van der Waals surface area (Å²) < 4.78 is 5.27. The van der Waals surface area contributed by atoms with Gasteiger partial charge in [0, 0.05) is 18.8 Å². The maximum absolute atomic E-state index is 11.9. The summed E-state index contributed by atoms with van der Waals surface area (Å²) in [5.41, 5.74) is 5.77. The van der Waals surface area contributed by atoms with Gasteiger partial charge in [0.05, 0.1) is 6.20 Å². The normalized spacial score (nSPS) is 19.3. The van der Waals surface area contributed by atoms with Gasteiger partial charge in [0.15, 0.2) is 0 Å². The molecule has 0 bridgehead atoms. The number of nitrogen functional groups attached to an aromatic ring is 1. The van der Waals surface area contributed by atoms with Crippen molar-refractivity contribution >= 4 is 11.7 Å². The van der Waals surface area contributed by atoms with Crippen LogP contribution in [0.4, 0.5) is 5.82 Å². The number of aromatic amines is 1. The maximum atomic E-state index is 11.9. The molecule has 1 aliphatic heterocycles. The van der Waals surface area contributed by atoms with E-state index in [2.05, 4.69) is 15.5 Å². The summed E-state index contributed by atoms with van der Waals surface area (Å²) in [5.74, 6) is 0.115. The third-order valence-electron chi connectivity index (χ3n) is 2.93. The third kappa shape index (κ3) is 2.16. The average molecular weight is 224 g/mol. The molecule has 4 N–H and O–H groups in total. The number of ether oxygens (including phenoxy) is 1. The second-order valence-corrected chi connectivity index (χ2v) is 4.32. The first-order valence-corrected chi connectivity index (χ1v) is 5.30. The molecule has 0 atom stereocenters. The molecule has 1 fully saturated rings. The number of hydrogen-bond acceptors (Lipinski definition) is 4. The highest BCUT2D eigenvalue weighted by Gasteiger charge is 2.30. The molecule has 0 aliphatic carbocycles. The fourth-order valence-electron chi connectivity index (χ4n) is 1.77. The zero-order valence-electron chi connectivity index (χ0n) is 9.25. The van der Waals surface area contributed by atoms with Crippen LogP contribution in [0.2, 0.25) is 0 Å². The molecular formula is C10H16N4O2. The van der Waals surface area contributed by atoms with E-state index >= 15 is 0 Å². The number of hydrogen-bond donors (Lipinski definition) is 3. The number of nitrogens with one attached hydrogen (secondary N) is 2. The van der Waals surface area contributed by atoms with E-state index in [9.17, 15) is 4.79 Å². The predicted octanol–water partition coefficient (Wildman–Crippen LogP) is 0.291. The molecule has 1 saturated heterocycles. The molecule has 2 rings (SSSR count). The molecule has 16 heavy (non-hydrogen) atoms. The summed E-state index contributed by atoms with van der Waals surface area (Å²) >= 11 is 0. The lowest BCUT2D eigenvalue weighted by atomic mass is 9.92. The number of carbonyl (C=O) groups excluding carboxylic acids is 1. The Bertz CT molecular complexity index is 382. The van der Waals surface area contributed by atoms with Gasteiger partial charge in [0.25, 0.3) is 5.91 Å². The van der Waals surface area contributed by atoms with Gasteiger partial charge in [-0.2, -0.15) is 5.10 Å². The molecular weight excluding hydrogens is 208 g/mol. The van der Waals surface area contributed by atoms with Crippen molar-refractivity contribution in [2.24, 2.45) is 0 Å². The van der Waals surface area contributed by atoms with Crippen LogP contribution in [0, 0.1) is 0 Å². The monoisotopic (exact) mass is 224 g/mol.